The molecule has 3 heteroatoms. The van der Waals surface area contributed by atoms with Crippen molar-refractivity contribution < 1.29 is 9.84 Å². The Kier molecular flexibility index (Phi) is 3.09. The van der Waals surface area contributed by atoms with Gasteiger partial charge in [0.2, 0.25) is 0 Å². The van der Waals surface area contributed by atoms with Gasteiger partial charge in [-0.1, -0.05) is 6.92 Å². The first-order chi connectivity index (χ1) is 5.68. The molecule has 0 heterocycles. The van der Waals surface area contributed by atoms with Crippen LogP contribution in [0.1, 0.15) is 26.2 Å². The normalized spacial score (nSPS) is 37.5. The molecule has 0 spiro atoms. The lowest BCUT2D eigenvalue weighted by molar-refractivity contribution is -0.117. The second kappa shape index (κ2) is 3.73. The van der Waals surface area contributed by atoms with Gasteiger partial charge < -0.3 is 15.6 Å². The average molecular weight is 173 g/mol. The zero-order chi connectivity index (χ0) is 9.19. The monoisotopic (exact) mass is 173 g/mol. The number of ether oxygens (including phenoxy) is 1. The van der Waals surface area contributed by atoms with E-state index < -0.39 is 0 Å². The lowest BCUT2D eigenvalue weighted by Crippen LogP contribution is -2.54. The van der Waals surface area contributed by atoms with Gasteiger partial charge in [0.15, 0.2) is 0 Å². The van der Waals surface area contributed by atoms with Gasteiger partial charge in [-0.3, -0.25) is 0 Å². The van der Waals surface area contributed by atoms with Crippen molar-refractivity contribution in [2.75, 3.05) is 13.7 Å². The Labute approximate surface area is 73.9 Å². The van der Waals surface area contributed by atoms with Crippen LogP contribution in [0.25, 0.3) is 0 Å². The van der Waals surface area contributed by atoms with Crippen LogP contribution in [0.15, 0.2) is 0 Å². The van der Waals surface area contributed by atoms with E-state index in [1.807, 2.05) is 0 Å². The summed E-state index contributed by atoms with van der Waals surface area (Å²) >= 11 is 0. The topological polar surface area (TPSA) is 55.5 Å². The fourth-order valence-electron chi connectivity index (χ4n) is 2.29. The van der Waals surface area contributed by atoms with Crippen LogP contribution in [0, 0.1) is 5.41 Å². The van der Waals surface area contributed by atoms with Crippen molar-refractivity contribution in [2.24, 2.45) is 11.1 Å². The van der Waals surface area contributed by atoms with Gasteiger partial charge in [-0.05, 0) is 19.3 Å². The first-order valence-corrected chi connectivity index (χ1v) is 4.59. The molecule has 1 saturated carbocycles. The SMILES string of the molecule is CCC(OC)C1(CN)CC(O)C1. The third kappa shape index (κ3) is 1.49. The second-order valence-electron chi connectivity index (χ2n) is 3.76. The van der Waals surface area contributed by atoms with Crippen molar-refractivity contribution in [2.45, 2.75) is 38.4 Å². The molecule has 0 aliphatic heterocycles. The average Bonchev–Trinajstić information content (AvgIpc) is 2.02. The minimum atomic E-state index is -0.155. The van der Waals surface area contributed by atoms with Crippen LogP contribution in [0.3, 0.4) is 0 Å². The maximum atomic E-state index is 9.24. The van der Waals surface area contributed by atoms with E-state index in [2.05, 4.69) is 6.92 Å². The molecule has 1 atom stereocenters. The Morgan fingerprint density at radius 3 is 2.50 bits per heavy atom. The van der Waals surface area contributed by atoms with Crippen LogP contribution >= 0.6 is 0 Å². The fraction of sp³-hybridized carbons (Fsp3) is 1.00. The standard InChI is InChI=1S/C9H19NO2/c1-3-8(12-2)9(6-10)4-7(11)5-9/h7-8,11H,3-6,10H2,1-2H3. The molecular weight excluding hydrogens is 154 g/mol. The van der Waals surface area contributed by atoms with Crippen molar-refractivity contribution in [1.82, 2.24) is 0 Å². The van der Waals surface area contributed by atoms with Crippen molar-refractivity contribution in [3.05, 3.63) is 0 Å². The van der Waals surface area contributed by atoms with Gasteiger partial charge in [0, 0.05) is 19.1 Å². The Morgan fingerprint density at radius 2 is 2.25 bits per heavy atom. The van der Waals surface area contributed by atoms with Gasteiger partial charge in [-0.25, -0.2) is 0 Å². The number of hydrogen-bond acceptors (Lipinski definition) is 3. The molecule has 0 saturated heterocycles. The summed E-state index contributed by atoms with van der Waals surface area (Å²) in [6, 6.07) is 0. The molecule has 1 aliphatic rings. The fourth-order valence-corrected chi connectivity index (χ4v) is 2.29. The largest absolute Gasteiger partial charge is 0.393 e. The van der Waals surface area contributed by atoms with Gasteiger partial charge >= 0.3 is 0 Å². The molecule has 0 amide bonds. The highest BCUT2D eigenvalue weighted by molar-refractivity contribution is 4.99. The minimum absolute atomic E-state index is 0.0584. The predicted octanol–water partition coefficient (Wildman–Crippen LogP) is 0.511. The van der Waals surface area contributed by atoms with Crippen LogP contribution in [-0.4, -0.2) is 31.0 Å². The number of aliphatic hydroxyl groups is 1. The number of hydrogen-bond donors (Lipinski definition) is 2. The number of nitrogens with two attached hydrogens (primary N) is 1. The Hall–Kier alpha value is -0.120. The third-order valence-corrected chi connectivity index (χ3v) is 3.03. The van der Waals surface area contributed by atoms with E-state index in [4.69, 9.17) is 10.5 Å². The van der Waals surface area contributed by atoms with Gasteiger partial charge in [0.1, 0.15) is 0 Å². The maximum Gasteiger partial charge on any atom is 0.0638 e. The summed E-state index contributed by atoms with van der Waals surface area (Å²) in [5, 5.41) is 9.24. The molecule has 0 aromatic carbocycles. The quantitative estimate of drug-likeness (QED) is 0.651. The van der Waals surface area contributed by atoms with Crippen molar-refractivity contribution in [3.63, 3.8) is 0 Å². The summed E-state index contributed by atoms with van der Waals surface area (Å²) in [6.07, 6.45) is 2.63. The minimum Gasteiger partial charge on any atom is -0.393 e. The number of methoxy groups -OCH3 is 1. The first-order valence-electron chi connectivity index (χ1n) is 4.59. The van der Waals surface area contributed by atoms with Gasteiger partial charge in [-0.2, -0.15) is 0 Å². The zero-order valence-electron chi connectivity index (χ0n) is 7.92. The van der Waals surface area contributed by atoms with Gasteiger partial charge in [-0.15, -0.1) is 0 Å². The molecule has 3 nitrogen and oxygen atoms in total. The summed E-state index contributed by atoms with van der Waals surface area (Å²) in [5.41, 5.74) is 5.75. The predicted molar refractivity (Wildman–Crippen MR) is 47.8 cm³/mol. The number of aliphatic hydroxyl groups excluding tert-OH is 1. The molecule has 12 heavy (non-hydrogen) atoms. The van der Waals surface area contributed by atoms with Crippen LogP contribution in [0.2, 0.25) is 0 Å². The molecule has 0 aromatic heterocycles. The van der Waals surface area contributed by atoms with E-state index in [0.29, 0.717) is 6.54 Å². The van der Waals surface area contributed by atoms with Gasteiger partial charge in [0.05, 0.1) is 12.2 Å². The molecule has 3 N–H and O–H groups in total. The lowest BCUT2D eigenvalue weighted by atomic mass is 9.62. The van der Waals surface area contributed by atoms with Crippen LogP contribution in [0.4, 0.5) is 0 Å². The zero-order valence-corrected chi connectivity index (χ0v) is 7.92. The lowest BCUT2D eigenvalue weighted by Gasteiger charge is -2.49. The molecule has 1 aliphatic carbocycles. The second-order valence-corrected chi connectivity index (χ2v) is 3.76. The summed E-state index contributed by atoms with van der Waals surface area (Å²) in [7, 11) is 1.72. The first kappa shape index (κ1) is 9.96. The highest BCUT2D eigenvalue weighted by Gasteiger charge is 2.47. The molecule has 1 fully saturated rings. The Bertz CT molecular complexity index is 139. The Morgan fingerprint density at radius 1 is 1.67 bits per heavy atom. The molecule has 0 radical (unpaired) electrons. The highest BCUT2D eigenvalue weighted by Crippen LogP contribution is 2.45. The summed E-state index contributed by atoms with van der Waals surface area (Å²) in [6.45, 7) is 2.71. The van der Waals surface area contributed by atoms with Crippen LogP contribution in [-0.2, 0) is 4.74 Å². The Balaban J connectivity index is 2.55. The third-order valence-electron chi connectivity index (χ3n) is 3.03. The molecule has 72 valence electrons. The molecule has 1 unspecified atom stereocenters. The van der Waals surface area contributed by atoms with E-state index in [1.165, 1.54) is 0 Å². The smallest absolute Gasteiger partial charge is 0.0638 e. The van der Waals surface area contributed by atoms with Crippen molar-refractivity contribution in [1.29, 1.82) is 0 Å². The summed E-state index contributed by atoms with van der Waals surface area (Å²) < 4.78 is 5.35. The molecule has 0 bridgehead atoms. The summed E-state index contributed by atoms with van der Waals surface area (Å²) in [5.74, 6) is 0. The van der Waals surface area contributed by atoms with Crippen LogP contribution < -0.4 is 5.73 Å². The molecular formula is C9H19NO2. The van der Waals surface area contributed by atoms with Crippen LogP contribution in [0.5, 0.6) is 0 Å². The van der Waals surface area contributed by atoms with Crippen molar-refractivity contribution >= 4 is 0 Å². The van der Waals surface area contributed by atoms with E-state index in [1.54, 1.807) is 7.11 Å². The van der Waals surface area contributed by atoms with E-state index in [-0.39, 0.29) is 17.6 Å². The number of rotatable bonds is 4. The van der Waals surface area contributed by atoms with Crippen molar-refractivity contribution in [3.8, 4) is 0 Å². The summed E-state index contributed by atoms with van der Waals surface area (Å²) in [4.78, 5) is 0. The molecule has 1 rings (SSSR count). The highest BCUT2D eigenvalue weighted by atomic mass is 16.5. The maximum absolute atomic E-state index is 9.24. The van der Waals surface area contributed by atoms with E-state index in [9.17, 15) is 5.11 Å². The molecule has 0 aromatic rings. The van der Waals surface area contributed by atoms with E-state index in [0.717, 1.165) is 19.3 Å². The van der Waals surface area contributed by atoms with Gasteiger partial charge in [0.25, 0.3) is 0 Å². The van der Waals surface area contributed by atoms with E-state index >= 15 is 0 Å².